The zero-order chi connectivity index (χ0) is 7.03. The van der Waals surface area contributed by atoms with Gasteiger partial charge in [0.2, 0.25) is 5.79 Å². The average Bonchev–Trinajstić information content (AvgIpc) is 2.29. The molecule has 4 heteroatoms. The third-order valence-electron chi connectivity index (χ3n) is 1.60. The van der Waals surface area contributed by atoms with Crippen molar-refractivity contribution < 1.29 is 0 Å². The molecule has 1 atom stereocenters. The lowest BCUT2D eigenvalue weighted by Crippen LogP contribution is -2.42. The van der Waals surface area contributed by atoms with Crippen LogP contribution in [-0.2, 0) is 0 Å². The summed E-state index contributed by atoms with van der Waals surface area (Å²) in [6.45, 7) is 1.93. The number of hydrogen-bond donors (Lipinski definition) is 1. The molecule has 2 heterocycles. The Hall–Kier alpha value is -1.32. The fourth-order valence-electron chi connectivity index (χ4n) is 0.986. The molecule has 0 radical (unpaired) electrons. The van der Waals surface area contributed by atoms with E-state index in [1.165, 1.54) is 0 Å². The van der Waals surface area contributed by atoms with E-state index >= 15 is 0 Å². The lowest BCUT2D eigenvalue weighted by molar-refractivity contribution is 0.178. The summed E-state index contributed by atoms with van der Waals surface area (Å²) in [6, 6.07) is 0. The number of fused-ring (bicyclic) bond motifs is 1. The highest BCUT2D eigenvalue weighted by atomic mass is 15.7. The molecule has 0 saturated carbocycles. The van der Waals surface area contributed by atoms with Gasteiger partial charge in [0, 0.05) is 19.3 Å². The van der Waals surface area contributed by atoms with Gasteiger partial charge in [-0.25, -0.2) is 15.0 Å². The van der Waals surface area contributed by atoms with E-state index in [0.717, 1.165) is 0 Å². The van der Waals surface area contributed by atoms with Gasteiger partial charge in [-0.3, -0.25) is 5.43 Å². The highest BCUT2D eigenvalue weighted by Crippen LogP contribution is 2.21. The summed E-state index contributed by atoms with van der Waals surface area (Å²) in [5, 5.41) is 1.84. The number of nitrogens with zero attached hydrogens (tertiary/aromatic N) is 3. The van der Waals surface area contributed by atoms with Crippen LogP contribution in [0.25, 0.3) is 0 Å². The summed E-state index contributed by atoms with van der Waals surface area (Å²) in [5.41, 5.74) is 2.94. The van der Waals surface area contributed by atoms with Gasteiger partial charge in [0.15, 0.2) is 0 Å². The molecule has 2 rings (SSSR count). The minimum absolute atomic E-state index is 0.436. The van der Waals surface area contributed by atoms with E-state index in [9.17, 15) is 0 Å². The van der Waals surface area contributed by atoms with Crippen molar-refractivity contribution in [2.45, 2.75) is 12.7 Å². The minimum atomic E-state index is -0.436. The van der Waals surface area contributed by atoms with Crippen LogP contribution in [-0.4, -0.2) is 23.3 Å². The van der Waals surface area contributed by atoms with Crippen molar-refractivity contribution in [3.8, 4) is 0 Å². The number of hydrogen-bond acceptors (Lipinski definition) is 4. The van der Waals surface area contributed by atoms with E-state index in [1.54, 1.807) is 12.6 Å². The van der Waals surface area contributed by atoms with E-state index < -0.39 is 5.79 Å². The topological polar surface area (TPSA) is 40.0 Å². The molecular formula is C6H8N4. The molecule has 0 aromatic carbocycles. The molecule has 0 aromatic rings. The summed E-state index contributed by atoms with van der Waals surface area (Å²) in [5.74, 6) is -0.436. The molecule has 1 N–H and O–H groups in total. The van der Waals surface area contributed by atoms with Crippen LogP contribution in [0.3, 0.4) is 0 Å². The standard InChI is InChI=1S/C6H8N4/c1-6-7-3-2-4-10(6)9-5-8-6/h2-5H,1H3,(H,8,9). The van der Waals surface area contributed by atoms with E-state index in [4.69, 9.17) is 0 Å². The van der Waals surface area contributed by atoms with Gasteiger partial charge in [-0.15, -0.1) is 0 Å². The lowest BCUT2D eigenvalue weighted by atomic mass is 10.4. The van der Waals surface area contributed by atoms with Gasteiger partial charge in [0.05, 0.1) is 0 Å². The third kappa shape index (κ3) is 0.556. The van der Waals surface area contributed by atoms with Gasteiger partial charge in [-0.1, -0.05) is 0 Å². The monoisotopic (exact) mass is 136 g/mol. The molecule has 0 aliphatic carbocycles. The molecule has 0 fully saturated rings. The highest BCUT2D eigenvalue weighted by Gasteiger charge is 2.31. The van der Waals surface area contributed by atoms with E-state index in [0.29, 0.717) is 0 Å². The molecule has 0 bridgehead atoms. The average molecular weight is 136 g/mol. The second-order valence-corrected chi connectivity index (χ2v) is 2.35. The zero-order valence-electron chi connectivity index (χ0n) is 5.65. The Kier molecular flexibility index (Phi) is 0.869. The first kappa shape index (κ1) is 5.46. The maximum Gasteiger partial charge on any atom is 0.242 e. The van der Waals surface area contributed by atoms with Gasteiger partial charge >= 0.3 is 0 Å². The maximum atomic E-state index is 4.18. The first-order valence-corrected chi connectivity index (χ1v) is 3.12. The van der Waals surface area contributed by atoms with Crippen LogP contribution in [0.4, 0.5) is 0 Å². The summed E-state index contributed by atoms with van der Waals surface area (Å²) in [7, 11) is 0. The molecule has 4 nitrogen and oxygen atoms in total. The molecule has 52 valence electrons. The third-order valence-corrected chi connectivity index (χ3v) is 1.60. The Bertz CT molecular complexity index is 230. The largest absolute Gasteiger partial charge is 0.285 e. The quantitative estimate of drug-likeness (QED) is 0.513. The van der Waals surface area contributed by atoms with Crippen molar-refractivity contribution in [2.75, 3.05) is 0 Å². The Morgan fingerprint density at radius 3 is 3.20 bits per heavy atom. The summed E-state index contributed by atoms with van der Waals surface area (Å²) in [4.78, 5) is 8.31. The summed E-state index contributed by atoms with van der Waals surface area (Å²) in [6.07, 6.45) is 7.16. The Morgan fingerprint density at radius 2 is 2.40 bits per heavy atom. The maximum absolute atomic E-state index is 4.18. The molecule has 0 spiro atoms. The van der Waals surface area contributed by atoms with Crippen molar-refractivity contribution >= 4 is 12.6 Å². The normalized spacial score (nSPS) is 34.3. The van der Waals surface area contributed by atoms with E-state index in [-0.39, 0.29) is 0 Å². The molecule has 10 heavy (non-hydrogen) atoms. The van der Waals surface area contributed by atoms with Crippen LogP contribution >= 0.6 is 0 Å². The van der Waals surface area contributed by atoms with E-state index in [1.807, 2.05) is 24.2 Å². The predicted octanol–water partition coefficient (Wildman–Crippen LogP) is 0.107. The summed E-state index contributed by atoms with van der Waals surface area (Å²) < 4.78 is 0. The predicted molar refractivity (Wildman–Crippen MR) is 39.5 cm³/mol. The highest BCUT2D eigenvalue weighted by molar-refractivity contribution is 5.73. The van der Waals surface area contributed by atoms with Gasteiger partial charge in [0.25, 0.3) is 0 Å². The van der Waals surface area contributed by atoms with Crippen molar-refractivity contribution in [2.24, 2.45) is 9.98 Å². The van der Waals surface area contributed by atoms with Crippen LogP contribution in [0.15, 0.2) is 22.3 Å². The van der Waals surface area contributed by atoms with Crippen molar-refractivity contribution in [1.29, 1.82) is 0 Å². The lowest BCUT2D eigenvalue weighted by Gasteiger charge is -2.28. The molecule has 0 saturated heterocycles. The van der Waals surface area contributed by atoms with Crippen LogP contribution < -0.4 is 5.43 Å². The van der Waals surface area contributed by atoms with Gasteiger partial charge < -0.3 is 0 Å². The first-order chi connectivity index (χ1) is 4.81. The van der Waals surface area contributed by atoms with Gasteiger partial charge in [-0.2, -0.15) is 0 Å². The molecular weight excluding hydrogens is 128 g/mol. The second kappa shape index (κ2) is 1.59. The number of allylic oxidation sites excluding steroid dienone is 1. The molecule has 1 unspecified atom stereocenters. The fourth-order valence-corrected chi connectivity index (χ4v) is 0.986. The Morgan fingerprint density at radius 1 is 1.50 bits per heavy atom. The van der Waals surface area contributed by atoms with Crippen molar-refractivity contribution in [1.82, 2.24) is 10.4 Å². The van der Waals surface area contributed by atoms with Crippen LogP contribution in [0.1, 0.15) is 6.92 Å². The SMILES string of the molecule is CC12N=CC=CN1NC=N2. The molecule has 0 amide bonds. The van der Waals surface area contributed by atoms with Gasteiger partial charge in [-0.05, 0) is 6.08 Å². The zero-order valence-corrected chi connectivity index (χ0v) is 5.65. The van der Waals surface area contributed by atoms with Crippen LogP contribution in [0, 0.1) is 0 Å². The molecule has 2 aliphatic rings. The number of nitrogens with one attached hydrogen (secondary N) is 1. The number of rotatable bonds is 0. The Balaban J connectivity index is 2.37. The van der Waals surface area contributed by atoms with Crippen LogP contribution in [0.2, 0.25) is 0 Å². The van der Waals surface area contributed by atoms with Crippen molar-refractivity contribution in [3.05, 3.63) is 12.3 Å². The fraction of sp³-hybridized carbons (Fsp3) is 0.333. The smallest absolute Gasteiger partial charge is 0.242 e. The molecule has 2 aliphatic heterocycles. The van der Waals surface area contributed by atoms with Crippen molar-refractivity contribution in [3.63, 3.8) is 0 Å². The van der Waals surface area contributed by atoms with Crippen LogP contribution in [0.5, 0.6) is 0 Å². The number of aliphatic imine (C=N–C) groups is 2. The van der Waals surface area contributed by atoms with Gasteiger partial charge in [0.1, 0.15) is 6.34 Å². The summed E-state index contributed by atoms with van der Waals surface area (Å²) >= 11 is 0. The second-order valence-electron chi connectivity index (χ2n) is 2.35. The number of hydrazine groups is 1. The van der Waals surface area contributed by atoms with E-state index in [2.05, 4.69) is 15.4 Å². The minimum Gasteiger partial charge on any atom is -0.285 e. The molecule has 0 aromatic heterocycles. The Labute approximate surface area is 58.9 Å². The first-order valence-electron chi connectivity index (χ1n) is 3.12.